The van der Waals surface area contributed by atoms with Crippen LogP contribution in [0, 0.1) is 0 Å². The van der Waals surface area contributed by atoms with Crippen molar-refractivity contribution >= 4 is 49.8 Å². The number of carbonyl (C=O) groups is 2. The molecule has 2 aromatic carbocycles. The van der Waals surface area contributed by atoms with Crippen molar-refractivity contribution in [2.75, 3.05) is 0 Å². The number of benzene rings is 2. The summed E-state index contributed by atoms with van der Waals surface area (Å²) >= 11 is 3.51. The van der Waals surface area contributed by atoms with E-state index in [1.807, 2.05) is 28.8 Å². The van der Waals surface area contributed by atoms with Gasteiger partial charge < -0.3 is 9.36 Å². The number of rotatable bonds is 2. The van der Waals surface area contributed by atoms with Crippen LogP contribution in [0.5, 0.6) is 0 Å². The molecule has 1 aliphatic rings. The van der Waals surface area contributed by atoms with E-state index in [4.69, 9.17) is 0 Å². The van der Waals surface area contributed by atoms with Crippen molar-refractivity contribution < 1.29 is 9.59 Å². The van der Waals surface area contributed by atoms with Gasteiger partial charge in [-0.3, -0.25) is 4.79 Å². The monoisotopic (exact) mass is 341 g/mol. The molecule has 0 bridgehead atoms. The Morgan fingerprint density at radius 3 is 2.76 bits per heavy atom. The van der Waals surface area contributed by atoms with Gasteiger partial charge in [0.15, 0.2) is 5.78 Å². The molecule has 0 spiro atoms. The fraction of sp³-hybridized carbons (Fsp3) is 0.176. The summed E-state index contributed by atoms with van der Waals surface area (Å²) < 4.78 is 3.02. The second-order valence-corrected chi connectivity index (χ2v) is 6.26. The third-order valence-corrected chi connectivity index (χ3v) is 4.75. The van der Waals surface area contributed by atoms with E-state index >= 15 is 0 Å². The predicted octanol–water partition coefficient (Wildman–Crippen LogP) is 3.88. The number of hydrogen-bond acceptors (Lipinski definition) is 2. The molecule has 3 nitrogen and oxygen atoms in total. The molecule has 4 heteroatoms. The Hall–Kier alpha value is -1.94. The lowest BCUT2D eigenvalue weighted by Gasteiger charge is -2.03. The number of Topliss-reactive ketones (excluding diaryl/α,β-unsaturated/α-hetero) is 1. The first-order valence-corrected chi connectivity index (χ1v) is 7.70. The van der Waals surface area contributed by atoms with Crippen molar-refractivity contribution in [1.29, 1.82) is 0 Å². The molecule has 0 unspecified atom stereocenters. The van der Waals surface area contributed by atoms with Crippen LogP contribution in [-0.2, 0) is 17.8 Å². The van der Waals surface area contributed by atoms with Gasteiger partial charge in [-0.1, -0.05) is 15.9 Å². The molecule has 0 N–H and O–H groups in total. The number of aryl methyl sites for hydroxylation is 1. The molecule has 0 amide bonds. The summed E-state index contributed by atoms with van der Waals surface area (Å²) in [5, 5.41) is 2.23. The Balaban J connectivity index is 2.22. The number of aromatic nitrogens is 1. The fourth-order valence-electron chi connectivity index (χ4n) is 3.40. The van der Waals surface area contributed by atoms with Crippen LogP contribution in [0.15, 0.2) is 34.8 Å². The van der Waals surface area contributed by atoms with E-state index in [2.05, 4.69) is 22.0 Å². The average molecular weight is 342 g/mol. The summed E-state index contributed by atoms with van der Waals surface area (Å²) in [5.41, 5.74) is 4.04. The SMILES string of the molecule is O=CCn1c2ccc(Br)cc2c2c3c(ccc21)C(=O)CC3. The van der Waals surface area contributed by atoms with Crippen LogP contribution in [0.3, 0.4) is 0 Å². The van der Waals surface area contributed by atoms with E-state index in [0.717, 1.165) is 50.1 Å². The number of fused-ring (bicyclic) bond motifs is 5. The summed E-state index contributed by atoms with van der Waals surface area (Å²) in [6, 6.07) is 9.94. The smallest absolute Gasteiger partial charge is 0.163 e. The minimum absolute atomic E-state index is 0.221. The first kappa shape index (κ1) is 12.8. The highest BCUT2D eigenvalue weighted by molar-refractivity contribution is 9.10. The van der Waals surface area contributed by atoms with Crippen LogP contribution in [0.2, 0.25) is 0 Å². The van der Waals surface area contributed by atoms with Crippen molar-refractivity contribution in [3.63, 3.8) is 0 Å². The van der Waals surface area contributed by atoms with E-state index in [1.54, 1.807) is 0 Å². The predicted molar refractivity (Wildman–Crippen MR) is 85.9 cm³/mol. The molecule has 0 aliphatic heterocycles. The second-order valence-electron chi connectivity index (χ2n) is 5.35. The molecule has 1 aliphatic carbocycles. The second kappa shape index (κ2) is 4.53. The van der Waals surface area contributed by atoms with E-state index < -0.39 is 0 Å². The van der Waals surface area contributed by atoms with Gasteiger partial charge in [0.05, 0.1) is 6.54 Å². The number of carbonyl (C=O) groups excluding carboxylic acids is 2. The van der Waals surface area contributed by atoms with Crippen molar-refractivity contribution in [1.82, 2.24) is 4.57 Å². The zero-order valence-corrected chi connectivity index (χ0v) is 12.8. The van der Waals surface area contributed by atoms with E-state index in [9.17, 15) is 9.59 Å². The van der Waals surface area contributed by atoms with Gasteiger partial charge in [-0.05, 0) is 42.3 Å². The summed E-state index contributed by atoms with van der Waals surface area (Å²) in [4.78, 5) is 23.0. The van der Waals surface area contributed by atoms with Gasteiger partial charge in [0.1, 0.15) is 6.29 Å². The molecule has 3 aromatic rings. The molecule has 0 fully saturated rings. The van der Waals surface area contributed by atoms with Crippen LogP contribution in [0.1, 0.15) is 22.3 Å². The molecule has 0 radical (unpaired) electrons. The lowest BCUT2D eigenvalue weighted by atomic mass is 10.0. The summed E-state index contributed by atoms with van der Waals surface area (Å²) in [6.07, 6.45) is 2.29. The molecule has 104 valence electrons. The molecule has 4 rings (SSSR count). The van der Waals surface area contributed by atoms with Gasteiger partial charge in [0.2, 0.25) is 0 Å². The Kier molecular flexibility index (Phi) is 2.76. The number of halogens is 1. The van der Waals surface area contributed by atoms with Gasteiger partial charge in [-0.25, -0.2) is 0 Å². The third kappa shape index (κ3) is 1.72. The van der Waals surface area contributed by atoms with Gasteiger partial charge in [0, 0.05) is 38.3 Å². The molecule has 0 atom stereocenters. The van der Waals surface area contributed by atoms with Gasteiger partial charge >= 0.3 is 0 Å². The van der Waals surface area contributed by atoms with Crippen LogP contribution in [0.25, 0.3) is 21.8 Å². The standard InChI is InChI=1S/C17H12BrNO2/c18-10-1-4-14-13(9-10)17-12-3-6-16(21)11(12)2-5-15(17)19(14)7-8-20/h1-2,4-5,8-9H,3,6-7H2. The highest BCUT2D eigenvalue weighted by atomic mass is 79.9. The quantitative estimate of drug-likeness (QED) is 0.663. The lowest BCUT2D eigenvalue weighted by molar-refractivity contribution is -0.108. The molecule has 1 aromatic heterocycles. The Bertz CT molecular complexity index is 924. The largest absolute Gasteiger partial charge is 0.333 e. The van der Waals surface area contributed by atoms with E-state index in [-0.39, 0.29) is 5.78 Å². The zero-order chi connectivity index (χ0) is 14.6. The van der Waals surface area contributed by atoms with Crippen molar-refractivity contribution in [3.05, 3.63) is 45.9 Å². The normalized spacial score (nSPS) is 14.0. The van der Waals surface area contributed by atoms with Crippen molar-refractivity contribution in [2.45, 2.75) is 19.4 Å². The first-order valence-electron chi connectivity index (χ1n) is 6.91. The molecular formula is C17H12BrNO2. The Morgan fingerprint density at radius 1 is 1.14 bits per heavy atom. The van der Waals surface area contributed by atoms with E-state index in [1.165, 1.54) is 0 Å². The maximum atomic E-state index is 12.0. The zero-order valence-electron chi connectivity index (χ0n) is 11.2. The molecule has 1 heterocycles. The lowest BCUT2D eigenvalue weighted by Crippen LogP contribution is -1.98. The first-order chi connectivity index (χ1) is 10.2. The minimum Gasteiger partial charge on any atom is -0.333 e. The minimum atomic E-state index is 0.221. The van der Waals surface area contributed by atoms with Crippen molar-refractivity contribution in [2.24, 2.45) is 0 Å². The Labute approximate surface area is 129 Å². The maximum absolute atomic E-state index is 12.0. The summed E-state index contributed by atoms with van der Waals surface area (Å²) in [6.45, 7) is 0.328. The van der Waals surface area contributed by atoms with Crippen molar-refractivity contribution in [3.8, 4) is 0 Å². The highest BCUT2D eigenvalue weighted by Gasteiger charge is 2.24. The average Bonchev–Trinajstić information content (AvgIpc) is 2.99. The van der Waals surface area contributed by atoms with Crippen LogP contribution in [0.4, 0.5) is 0 Å². The van der Waals surface area contributed by atoms with Crippen LogP contribution in [-0.4, -0.2) is 16.6 Å². The van der Waals surface area contributed by atoms with Gasteiger partial charge in [0.25, 0.3) is 0 Å². The number of nitrogens with zero attached hydrogens (tertiary/aromatic N) is 1. The number of aldehydes is 1. The fourth-order valence-corrected chi connectivity index (χ4v) is 3.76. The molecular weight excluding hydrogens is 330 g/mol. The van der Waals surface area contributed by atoms with E-state index in [0.29, 0.717) is 13.0 Å². The maximum Gasteiger partial charge on any atom is 0.163 e. The molecule has 21 heavy (non-hydrogen) atoms. The molecule has 0 saturated carbocycles. The summed E-state index contributed by atoms with van der Waals surface area (Å²) in [7, 11) is 0. The van der Waals surface area contributed by atoms with Crippen LogP contribution < -0.4 is 0 Å². The number of hydrogen-bond donors (Lipinski definition) is 0. The highest BCUT2D eigenvalue weighted by Crippen LogP contribution is 2.37. The third-order valence-electron chi connectivity index (χ3n) is 4.26. The Morgan fingerprint density at radius 2 is 1.95 bits per heavy atom. The topological polar surface area (TPSA) is 39.1 Å². The van der Waals surface area contributed by atoms with Crippen LogP contribution >= 0.6 is 15.9 Å². The number of ketones is 1. The van der Waals surface area contributed by atoms with Gasteiger partial charge in [-0.2, -0.15) is 0 Å². The molecule has 0 saturated heterocycles. The van der Waals surface area contributed by atoms with Gasteiger partial charge in [-0.15, -0.1) is 0 Å². The summed E-state index contributed by atoms with van der Waals surface area (Å²) in [5.74, 6) is 0.221.